The number of benzene rings is 2. The number of aromatic nitrogens is 1. The van der Waals surface area contributed by atoms with Crippen molar-refractivity contribution in [3.05, 3.63) is 93.0 Å². The van der Waals surface area contributed by atoms with E-state index in [1.807, 2.05) is 19.9 Å². The van der Waals surface area contributed by atoms with Crippen LogP contribution < -0.4 is 15.2 Å². The zero-order valence-corrected chi connectivity index (χ0v) is 20.3. The van der Waals surface area contributed by atoms with Crippen molar-refractivity contribution in [1.82, 2.24) is 4.57 Å². The molecule has 1 heterocycles. The van der Waals surface area contributed by atoms with Crippen molar-refractivity contribution < 1.29 is 12.8 Å². The summed E-state index contributed by atoms with van der Waals surface area (Å²) in [5.74, 6) is -0.281. The molecule has 6 nitrogen and oxygen atoms in total. The lowest BCUT2D eigenvalue weighted by Crippen LogP contribution is -2.25. The smallest absolute Gasteiger partial charge is 0.273 e. The Morgan fingerprint density at radius 3 is 2.33 bits per heavy atom. The zero-order valence-electron chi connectivity index (χ0n) is 19.4. The molecule has 0 aliphatic rings. The maximum absolute atomic E-state index is 13.8. The fraction of sp³-hybridized carbons (Fsp3) is 0.240. The van der Waals surface area contributed by atoms with Crippen molar-refractivity contribution in [2.75, 3.05) is 23.7 Å². The molecule has 0 unspecified atom stereocenters. The van der Waals surface area contributed by atoms with Gasteiger partial charge in [0, 0.05) is 44.0 Å². The summed E-state index contributed by atoms with van der Waals surface area (Å²) in [7, 11) is 1.57. The molecule has 3 rings (SSSR count). The summed E-state index contributed by atoms with van der Waals surface area (Å²) in [6.45, 7) is 7.07. The van der Waals surface area contributed by atoms with Gasteiger partial charge in [-0.25, -0.2) is 12.8 Å². The number of aryl methyl sites for hydroxylation is 3. The third kappa shape index (κ3) is 5.34. The third-order valence-corrected chi connectivity index (χ3v) is 6.53. The number of nitrogens with zero attached hydrogens (tertiary/aromatic N) is 2. The van der Waals surface area contributed by atoms with Crippen LogP contribution in [0.2, 0.25) is 0 Å². The lowest BCUT2D eigenvalue weighted by Gasteiger charge is -2.19. The van der Waals surface area contributed by atoms with Crippen LogP contribution in [0.1, 0.15) is 22.3 Å². The van der Waals surface area contributed by atoms with Gasteiger partial charge in [-0.2, -0.15) is 0 Å². The predicted octanol–water partition coefficient (Wildman–Crippen LogP) is 4.35. The molecule has 2 aromatic carbocycles. The van der Waals surface area contributed by atoms with Gasteiger partial charge in [-0.15, -0.1) is 0 Å². The van der Waals surface area contributed by atoms with Crippen LogP contribution in [0.4, 0.5) is 15.8 Å². The zero-order chi connectivity index (χ0) is 24.5. The molecule has 1 aromatic heterocycles. The van der Waals surface area contributed by atoms with Gasteiger partial charge in [0.1, 0.15) is 11.5 Å². The molecule has 0 saturated carbocycles. The van der Waals surface area contributed by atoms with E-state index in [1.54, 1.807) is 50.4 Å². The van der Waals surface area contributed by atoms with Crippen LogP contribution in [0.3, 0.4) is 0 Å². The quantitative estimate of drug-likeness (QED) is 0.559. The molecule has 0 aliphatic heterocycles. The molecule has 0 spiro atoms. The number of anilines is 2. The van der Waals surface area contributed by atoms with E-state index in [0.29, 0.717) is 17.8 Å². The van der Waals surface area contributed by atoms with Crippen molar-refractivity contribution >= 4 is 21.4 Å². The highest BCUT2D eigenvalue weighted by Crippen LogP contribution is 2.32. The second-order valence-electron chi connectivity index (χ2n) is 8.31. The summed E-state index contributed by atoms with van der Waals surface area (Å²) in [4.78, 5) is 14.3. The third-order valence-electron chi connectivity index (χ3n) is 5.57. The maximum atomic E-state index is 13.8. The second kappa shape index (κ2) is 9.23. The Balaban J connectivity index is 2.23. The molecule has 33 heavy (non-hydrogen) atoms. The first kappa shape index (κ1) is 24.3. The standard InChI is InChI=1S/C25H28FN3O3S/c1-7-33(31,32)27-21-9-8-18(12-22-16(2)10-20(26)11-17(22)3)23(14-21)19-13-24(28(4)5)25(30)29(6)15-19/h7-11,13-15,27H,1,12H2,2-6H3. The first-order valence-corrected chi connectivity index (χ1v) is 11.9. The minimum atomic E-state index is -3.69. The molecule has 0 amide bonds. The van der Waals surface area contributed by atoms with Gasteiger partial charge in [-0.05, 0) is 78.4 Å². The number of pyridine rings is 1. The molecule has 0 radical (unpaired) electrons. The largest absolute Gasteiger partial charge is 0.373 e. The summed E-state index contributed by atoms with van der Waals surface area (Å²) in [6.07, 6.45) is 2.24. The van der Waals surface area contributed by atoms with Gasteiger partial charge in [0.05, 0.1) is 0 Å². The molecule has 0 bridgehead atoms. The van der Waals surface area contributed by atoms with E-state index in [4.69, 9.17) is 0 Å². The van der Waals surface area contributed by atoms with Crippen molar-refractivity contribution in [2.45, 2.75) is 20.3 Å². The Kier molecular flexibility index (Phi) is 6.78. The Labute approximate surface area is 194 Å². The van der Waals surface area contributed by atoms with Gasteiger partial charge in [0.25, 0.3) is 15.6 Å². The fourth-order valence-electron chi connectivity index (χ4n) is 3.84. The average molecular weight is 470 g/mol. The number of sulfonamides is 1. The van der Waals surface area contributed by atoms with E-state index in [0.717, 1.165) is 38.8 Å². The van der Waals surface area contributed by atoms with Gasteiger partial charge in [0.2, 0.25) is 0 Å². The lowest BCUT2D eigenvalue weighted by molar-refractivity contribution is 0.609. The summed E-state index contributed by atoms with van der Waals surface area (Å²) in [5.41, 5.74) is 5.85. The van der Waals surface area contributed by atoms with Crippen LogP contribution in [-0.4, -0.2) is 27.1 Å². The van der Waals surface area contributed by atoms with Crippen LogP contribution in [0.25, 0.3) is 11.1 Å². The molecular formula is C25H28FN3O3S. The monoisotopic (exact) mass is 469 g/mol. The molecule has 3 aromatic rings. The predicted molar refractivity (Wildman–Crippen MR) is 133 cm³/mol. The van der Waals surface area contributed by atoms with E-state index in [2.05, 4.69) is 11.3 Å². The highest BCUT2D eigenvalue weighted by atomic mass is 32.2. The summed E-state index contributed by atoms with van der Waals surface area (Å²) in [5, 5.41) is 0.849. The van der Waals surface area contributed by atoms with Gasteiger partial charge in [-0.3, -0.25) is 9.52 Å². The van der Waals surface area contributed by atoms with Crippen LogP contribution in [0, 0.1) is 19.7 Å². The van der Waals surface area contributed by atoms with Crippen molar-refractivity contribution in [3.63, 3.8) is 0 Å². The highest BCUT2D eigenvalue weighted by molar-refractivity contribution is 7.95. The molecule has 0 aliphatic carbocycles. The van der Waals surface area contributed by atoms with Crippen molar-refractivity contribution in [1.29, 1.82) is 0 Å². The Bertz CT molecular complexity index is 1370. The SMILES string of the molecule is C=CS(=O)(=O)Nc1ccc(Cc2c(C)cc(F)cc2C)c(-c2cc(N(C)C)c(=O)n(C)c2)c1. The Morgan fingerprint density at radius 1 is 1.12 bits per heavy atom. The number of hydrogen-bond acceptors (Lipinski definition) is 4. The molecule has 174 valence electrons. The molecule has 0 fully saturated rings. The van der Waals surface area contributed by atoms with E-state index >= 15 is 0 Å². The molecule has 0 atom stereocenters. The van der Waals surface area contributed by atoms with Crippen molar-refractivity contribution in [3.8, 4) is 11.1 Å². The Hall–Kier alpha value is -3.39. The van der Waals surface area contributed by atoms with Gasteiger partial charge >= 0.3 is 0 Å². The number of nitrogens with one attached hydrogen (secondary N) is 1. The minimum absolute atomic E-state index is 0.140. The topological polar surface area (TPSA) is 71.4 Å². The normalized spacial score (nSPS) is 11.3. The fourth-order valence-corrected chi connectivity index (χ4v) is 4.38. The summed E-state index contributed by atoms with van der Waals surface area (Å²) in [6, 6.07) is 10.1. The number of rotatable bonds is 7. The first-order chi connectivity index (χ1) is 15.4. The van der Waals surface area contributed by atoms with Crippen LogP contribution in [0.15, 0.2) is 59.4 Å². The lowest BCUT2D eigenvalue weighted by atomic mass is 9.91. The van der Waals surface area contributed by atoms with Crippen LogP contribution in [0.5, 0.6) is 0 Å². The highest BCUT2D eigenvalue weighted by Gasteiger charge is 2.16. The number of halogens is 1. The van der Waals surface area contributed by atoms with Gasteiger partial charge < -0.3 is 9.47 Å². The molecule has 0 saturated heterocycles. The average Bonchev–Trinajstić information content (AvgIpc) is 2.72. The summed E-state index contributed by atoms with van der Waals surface area (Å²) < 4.78 is 41.9. The molecule has 1 N–H and O–H groups in total. The van der Waals surface area contributed by atoms with Gasteiger partial charge in [-0.1, -0.05) is 12.6 Å². The van der Waals surface area contributed by atoms with E-state index in [1.165, 1.54) is 16.7 Å². The van der Waals surface area contributed by atoms with Gasteiger partial charge in [0.15, 0.2) is 0 Å². The second-order valence-corrected chi connectivity index (χ2v) is 9.93. The van der Waals surface area contributed by atoms with E-state index in [9.17, 15) is 17.6 Å². The molecular weight excluding hydrogens is 441 g/mol. The van der Waals surface area contributed by atoms with Crippen LogP contribution >= 0.6 is 0 Å². The minimum Gasteiger partial charge on any atom is -0.373 e. The van der Waals surface area contributed by atoms with E-state index < -0.39 is 10.0 Å². The Morgan fingerprint density at radius 2 is 1.76 bits per heavy atom. The number of hydrogen-bond donors (Lipinski definition) is 1. The van der Waals surface area contributed by atoms with E-state index in [-0.39, 0.29) is 11.4 Å². The summed E-state index contributed by atoms with van der Waals surface area (Å²) >= 11 is 0. The molecule has 8 heteroatoms. The first-order valence-electron chi connectivity index (χ1n) is 10.3. The van der Waals surface area contributed by atoms with Crippen LogP contribution in [-0.2, 0) is 23.5 Å². The van der Waals surface area contributed by atoms with Crippen molar-refractivity contribution in [2.24, 2.45) is 7.05 Å². The maximum Gasteiger partial charge on any atom is 0.273 e.